The van der Waals surface area contributed by atoms with Crippen LogP contribution in [0.3, 0.4) is 0 Å². The van der Waals surface area contributed by atoms with Gasteiger partial charge in [-0.2, -0.15) is 0 Å². The Kier molecular flexibility index (Phi) is 4.44. The van der Waals surface area contributed by atoms with Crippen molar-refractivity contribution in [3.8, 4) is 5.69 Å². The Bertz CT molecular complexity index is 1430. The molecule has 3 heterocycles. The van der Waals surface area contributed by atoms with Gasteiger partial charge in [-0.1, -0.05) is 46.9 Å². The van der Waals surface area contributed by atoms with E-state index in [1.165, 1.54) is 0 Å². The van der Waals surface area contributed by atoms with Crippen LogP contribution < -0.4 is 15.9 Å². The van der Waals surface area contributed by atoms with Crippen molar-refractivity contribution < 1.29 is 4.98 Å². The average molecular weight is 418 g/mol. The van der Waals surface area contributed by atoms with Crippen LogP contribution in [0.25, 0.3) is 27.6 Å². The molecule has 3 aromatic heterocycles. The molecule has 0 aliphatic carbocycles. The topological polar surface area (TPSA) is 89.7 Å². The van der Waals surface area contributed by atoms with Gasteiger partial charge in [0.25, 0.3) is 11.2 Å². The number of para-hydroxylation sites is 1. The van der Waals surface area contributed by atoms with Crippen molar-refractivity contribution in [3.63, 3.8) is 0 Å². The largest absolute Gasteiger partial charge is 0.336 e. The van der Waals surface area contributed by atoms with E-state index in [9.17, 15) is 4.79 Å². The summed E-state index contributed by atoms with van der Waals surface area (Å²) in [6.07, 6.45) is 3.18. The summed E-state index contributed by atoms with van der Waals surface area (Å²) >= 11 is 6.38. The minimum atomic E-state index is -0.216. The highest BCUT2D eigenvalue weighted by Crippen LogP contribution is 2.27. The van der Waals surface area contributed by atoms with E-state index in [0.29, 0.717) is 16.1 Å². The van der Waals surface area contributed by atoms with Gasteiger partial charge in [-0.25, -0.2) is 9.97 Å². The molecule has 5 rings (SSSR count). The van der Waals surface area contributed by atoms with E-state index < -0.39 is 0 Å². The maximum Gasteiger partial charge on any atom is 0.264 e. The molecule has 0 saturated heterocycles. The Balaban J connectivity index is 1.71. The molecule has 148 valence electrons. The number of aromatic nitrogens is 5. The molecule has 1 atom stereocenters. The molecular formula is C22H18ClN6O+. The lowest BCUT2D eigenvalue weighted by molar-refractivity contribution is -0.364. The number of pyridine rings is 1. The molecule has 3 N–H and O–H groups in total. The van der Waals surface area contributed by atoms with Crippen molar-refractivity contribution in [3.05, 3.63) is 88.3 Å². The van der Waals surface area contributed by atoms with Crippen LogP contribution in [0.15, 0.2) is 72.0 Å². The molecular weight excluding hydrogens is 400 g/mol. The van der Waals surface area contributed by atoms with E-state index >= 15 is 0 Å². The second-order valence-electron chi connectivity index (χ2n) is 6.99. The van der Waals surface area contributed by atoms with Gasteiger partial charge in [0.2, 0.25) is 12.1 Å². The lowest BCUT2D eigenvalue weighted by Crippen LogP contribution is -2.27. The average Bonchev–Trinajstić information content (AvgIpc) is 3.24. The quantitative estimate of drug-likeness (QED) is 0.464. The zero-order valence-corrected chi connectivity index (χ0v) is 16.8. The lowest BCUT2D eigenvalue weighted by atomic mass is 10.1. The summed E-state index contributed by atoms with van der Waals surface area (Å²) < 4.78 is 1.71. The van der Waals surface area contributed by atoms with Crippen LogP contribution in [0.2, 0.25) is 5.02 Å². The molecule has 0 fully saturated rings. The molecule has 0 unspecified atom stereocenters. The molecule has 0 bridgehead atoms. The first-order valence-electron chi connectivity index (χ1n) is 9.49. The van der Waals surface area contributed by atoms with Crippen molar-refractivity contribution in [1.82, 2.24) is 19.5 Å². The Morgan fingerprint density at radius 2 is 1.97 bits per heavy atom. The first-order chi connectivity index (χ1) is 14.6. The number of fused-ring (bicyclic) bond motifs is 2. The minimum Gasteiger partial charge on any atom is -0.336 e. The van der Waals surface area contributed by atoms with Crippen molar-refractivity contribution >= 4 is 39.4 Å². The zero-order chi connectivity index (χ0) is 20.7. The first kappa shape index (κ1) is 18.3. The van der Waals surface area contributed by atoms with Gasteiger partial charge in [0, 0.05) is 5.69 Å². The van der Waals surface area contributed by atoms with Crippen LogP contribution in [0.1, 0.15) is 18.7 Å². The van der Waals surface area contributed by atoms with Crippen molar-refractivity contribution in [2.24, 2.45) is 0 Å². The van der Waals surface area contributed by atoms with Gasteiger partial charge in [-0.3, -0.25) is 14.7 Å². The number of aromatic amines is 2. The summed E-state index contributed by atoms with van der Waals surface area (Å²) in [5.41, 5.74) is 2.80. The van der Waals surface area contributed by atoms with Crippen LogP contribution >= 0.6 is 11.6 Å². The Morgan fingerprint density at radius 1 is 1.13 bits per heavy atom. The molecule has 0 spiro atoms. The Hall–Kier alpha value is -3.71. The molecule has 2 aromatic carbocycles. The molecule has 7 nitrogen and oxygen atoms in total. The number of imidazole rings is 1. The van der Waals surface area contributed by atoms with Gasteiger partial charge in [0.05, 0.1) is 22.4 Å². The summed E-state index contributed by atoms with van der Waals surface area (Å²) in [4.78, 5) is 28.1. The fraction of sp³-hybridized carbons (Fsp3) is 0.0909. The number of nitrogens with one attached hydrogen (secondary N) is 3. The predicted molar refractivity (Wildman–Crippen MR) is 117 cm³/mol. The van der Waals surface area contributed by atoms with Gasteiger partial charge in [0.1, 0.15) is 6.04 Å². The standard InChI is InChI=1S/C22H17ClN6O/c1-13(28-21-19-20(25-11-24-19)26-12-27-21)17-10-14-6-5-9-16(23)18(14)22(30)29(17)15-7-3-2-4-8-15/h2-13H,1H3,(H2,24,25,26,27,28)/p+1/t13-/m0/s1. The highest BCUT2D eigenvalue weighted by molar-refractivity contribution is 6.35. The van der Waals surface area contributed by atoms with Crippen LogP contribution in [0.5, 0.6) is 0 Å². The third-order valence-electron chi connectivity index (χ3n) is 5.11. The number of hydrogen-bond donors (Lipinski definition) is 2. The molecule has 30 heavy (non-hydrogen) atoms. The maximum atomic E-state index is 13.5. The monoisotopic (exact) mass is 417 g/mol. The van der Waals surface area contributed by atoms with E-state index in [1.54, 1.807) is 23.3 Å². The van der Waals surface area contributed by atoms with Gasteiger partial charge in [0.15, 0.2) is 5.52 Å². The number of hydrogen-bond acceptors (Lipinski definition) is 4. The molecule has 0 aliphatic heterocycles. The van der Waals surface area contributed by atoms with Crippen LogP contribution in [0, 0.1) is 0 Å². The van der Waals surface area contributed by atoms with Gasteiger partial charge < -0.3 is 4.98 Å². The zero-order valence-electron chi connectivity index (χ0n) is 16.1. The number of H-pyrrole nitrogens is 2. The third kappa shape index (κ3) is 3.00. The molecule has 0 amide bonds. The number of rotatable bonds is 4. The highest BCUT2D eigenvalue weighted by Gasteiger charge is 2.21. The van der Waals surface area contributed by atoms with Crippen LogP contribution in [-0.2, 0) is 0 Å². The fourth-order valence-electron chi connectivity index (χ4n) is 3.71. The summed E-state index contributed by atoms with van der Waals surface area (Å²) in [6, 6.07) is 16.8. The van der Waals surface area contributed by atoms with Gasteiger partial charge >= 0.3 is 0 Å². The summed E-state index contributed by atoms with van der Waals surface area (Å²) in [5, 5.41) is 5.19. The van der Waals surface area contributed by atoms with Crippen molar-refractivity contribution in [1.29, 1.82) is 0 Å². The smallest absolute Gasteiger partial charge is 0.264 e. The lowest BCUT2D eigenvalue weighted by Gasteiger charge is -2.19. The van der Waals surface area contributed by atoms with E-state index in [4.69, 9.17) is 11.6 Å². The fourth-order valence-corrected chi connectivity index (χ4v) is 3.97. The molecule has 0 radical (unpaired) electrons. The summed E-state index contributed by atoms with van der Waals surface area (Å²) in [7, 11) is 0. The van der Waals surface area contributed by atoms with E-state index in [2.05, 4.69) is 25.3 Å². The number of anilines is 1. The first-order valence-corrected chi connectivity index (χ1v) is 9.87. The SMILES string of the molecule is C[C@H](Nc1[nH+]cnc2nc[nH]c12)c1cc2cccc(Cl)c2c(=O)n1-c1ccccc1. The molecule has 8 heteroatoms. The Morgan fingerprint density at radius 3 is 2.80 bits per heavy atom. The summed E-state index contributed by atoms with van der Waals surface area (Å²) in [5.74, 6) is 0.739. The van der Waals surface area contributed by atoms with Crippen molar-refractivity contribution in [2.45, 2.75) is 13.0 Å². The van der Waals surface area contributed by atoms with Crippen molar-refractivity contribution in [2.75, 3.05) is 5.32 Å². The normalized spacial score (nSPS) is 12.3. The van der Waals surface area contributed by atoms with Gasteiger partial charge in [-0.05, 0) is 36.6 Å². The molecule has 0 saturated carbocycles. The second-order valence-corrected chi connectivity index (χ2v) is 7.40. The minimum absolute atomic E-state index is 0.154. The predicted octanol–water partition coefficient (Wildman–Crippen LogP) is 3.90. The number of nitrogens with zero attached hydrogens (tertiary/aromatic N) is 3. The third-order valence-corrected chi connectivity index (χ3v) is 5.42. The van der Waals surface area contributed by atoms with Gasteiger partial charge in [-0.15, -0.1) is 0 Å². The highest BCUT2D eigenvalue weighted by atomic mass is 35.5. The van der Waals surface area contributed by atoms with Crippen LogP contribution in [-0.4, -0.2) is 19.5 Å². The Labute approximate surface area is 176 Å². The molecule has 0 aliphatic rings. The van der Waals surface area contributed by atoms with Crippen LogP contribution in [0.4, 0.5) is 5.82 Å². The van der Waals surface area contributed by atoms with E-state index in [-0.39, 0.29) is 11.6 Å². The molecule has 5 aromatic rings. The maximum absolute atomic E-state index is 13.5. The number of benzene rings is 2. The van der Waals surface area contributed by atoms with E-state index in [1.807, 2.05) is 55.5 Å². The number of halogens is 1. The second kappa shape index (κ2) is 7.27. The van der Waals surface area contributed by atoms with E-state index in [0.717, 1.165) is 28.1 Å². The summed E-state index contributed by atoms with van der Waals surface area (Å²) in [6.45, 7) is 2.00.